The summed E-state index contributed by atoms with van der Waals surface area (Å²) in [6, 6.07) is 17.8. The average molecular weight is 463 g/mol. The standard InChI is InChI=1S/C25H26N4O3S/c1-15-19(24(31)32-4)20(17-10-12-18(13-11-17)29(2)3)21-22(26-15)27-25(28-23(21)30)33-14-16-8-6-5-7-9-16/h5-13,20H,14H2,1-4H3,(H2,26,27,28,30). The van der Waals surface area contributed by atoms with Crippen LogP contribution in [0.15, 0.2) is 75.8 Å². The number of benzene rings is 2. The topological polar surface area (TPSA) is 87.3 Å². The lowest BCUT2D eigenvalue weighted by Gasteiger charge is -2.29. The quantitative estimate of drug-likeness (QED) is 0.323. The number of hydrogen-bond acceptors (Lipinski definition) is 7. The smallest absolute Gasteiger partial charge is 0.336 e. The van der Waals surface area contributed by atoms with E-state index in [-0.39, 0.29) is 5.56 Å². The molecule has 1 aliphatic heterocycles. The molecule has 2 N–H and O–H groups in total. The molecule has 2 aromatic carbocycles. The molecule has 2 heterocycles. The van der Waals surface area contributed by atoms with Gasteiger partial charge in [0.25, 0.3) is 5.56 Å². The van der Waals surface area contributed by atoms with E-state index in [1.54, 1.807) is 6.92 Å². The van der Waals surface area contributed by atoms with Gasteiger partial charge in [0.05, 0.1) is 24.2 Å². The molecule has 4 rings (SSSR count). The highest BCUT2D eigenvalue weighted by Gasteiger charge is 2.36. The van der Waals surface area contributed by atoms with Crippen LogP contribution in [0.5, 0.6) is 0 Å². The fraction of sp³-hybridized carbons (Fsp3) is 0.240. The number of fused-ring (bicyclic) bond motifs is 1. The summed E-state index contributed by atoms with van der Waals surface area (Å²) in [6.07, 6.45) is 0. The molecule has 0 amide bonds. The number of H-pyrrole nitrogens is 1. The SMILES string of the molecule is COC(=O)C1=C(C)Nc2nc(SCc3ccccc3)[nH]c(=O)c2C1c1ccc(N(C)C)cc1. The van der Waals surface area contributed by atoms with Crippen LogP contribution < -0.4 is 15.8 Å². The summed E-state index contributed by atoms with van der Waals surface area (Å²) in [5, 5.41) is 3.68. The van der Waals surface area contributed by atoms with Gasteiger partial charge >= 0.3 is 5.97 Å². The summed E-state index contributed by atoms with van der Waals surface area (Å²) in [5.41, 5.74) is 4.13. The highest BCUT2D eigenvalue weighted by Crippen LogP contribution is 2.40. The van der Waals surface area contributed by atoms with Crippen LogP contribution in [0.4, 0.5) is 11.5 Å². The molecule has 0 aliphatic carbocycles. The van der Waals surface area contributed by atoms with Gasteiger partial charge in [0, 0.05) is 31.2 Å². The molecular formula is C25H26N4O3S. The number of rotatable bonds is 6. The lowest BCUT2D eigenvalue weighted by atomic mass is 9.82. The number of nitrogens with zero attached hydrogens (tertiary/aromatic N) is 2. The molecule has 0 bridgehead atoms. The van der Waals surface area contributed by atoms with Gasteiger partial charge in [-0.1, -0.05) is 54.2 Å². The number of allylic oxidation sites excluding steroid dienone is 1. The van der Waals surface area contributed by atoms with E-state index in [2.05, 4.69) is 15.3 Å². The van der Waals surface area contributed by atoms with E-state index >= 15 is 0 Å². The number of methoxy groups -OCH3 is 1. The summed E-state index contributed by atoms with van der Waals surface area (Å²) < 4.78 is 5.06. The molecule has 0 saturated carbocycles. The number of aromatic amines is 1. The molecule has 8 heteroatoms. The number of carbonyl (C=O) groups excluding carboxylic acids is 1. The molecule has 1 atom stereocenters. The third-order valence-electron chi connectivity index (χ3n) is 5.59. The second kappa shape index (κ2) is 9.54. The van der Waals surface area contributed by atoms with Crippen molar-refractivity contribution in [1.29, 1.82) is 0 Å². The lowest BCUT2D eigenvalue weighted by Crippen LogP contribution is -2.31. The van der Waals surface area contributed by atoms with Crippen LogP contribution in [0.2, 0.25) is 0 Å². The predicted molar refractivity (Wildman–Crippen MR) is 132 cm³/mol. The molecule has 3 aromatic rings. The Kier molecular flexibility index (Phi) is 6.55. The Morgan fingerprint density at radius 1 is 1.12 bits per heavy atom. The first-order valence-corrected chi connectivity index (χ1v) is 11.5. The Morgan fingerprint density at radius 2 is 1.82 bits per heavy atom. The van der Waals surface area contributed by atoms with Gasteiger partial charge in [0.1, 0.15) is 5.82 Å². The van der Waals surface area contributed by atoms with Crippen molar-refractivity contribution in [3.05, 3.63) is 92.9 Å². The van der Waals surface area contributed by atoms with Crippen LogP contribution in [0.25, 0.3) is 0 Å². The van der Waals surface area contributed by atoms with Gasteiger partial charge in [-0.2, -0.15) is 0 Å². The summed E-state index contributed by atoms with van der Waals surface area (Å²) >= 11 is 1.46. The number of ether oxygens (including phenoxy) is 1. The molecule has 7 nitrogen and oxygen atoms in total. The summed E-state index contributed by atoms with van der Waals surface area (Å²) in [4.78, 5) is 35.6. The van der Waals surface area contributed by atoms with Crippen molar-refractivity contribution < 1.29 is 9.53 Å². The third kappa shape index (κ3) is 4.66. The van der Waals surface area contributed by atoms with E-state index in [1.165, 1.54) is 18.9 Å². The highest BCUT2D eigenvalue weighted by atomic mass is 32.2. The highest BCUT2D eigenvalue weighted by molar-refractivity contribution is 7.98. The number of hydrogen-bond donors (Lipinski definition) is 2. The number of aromatic nitrogens is 2. The number of thioether (sulfide) groups is 1. The van der Waals surface area contributed by atoms with Crippen LogP contribution in [0.1, 0.15) is 29.5 Å². The van der Waals surface area contributed by atoms with Crippen molar-refractivity contribution in [3.63, 3.8) is 0 Å². The maximum atomic E-state index is 13.3. The normalized spacial score (nSPS) is 15.0. The maximum Gasteiger partial charge on any atom is 0.336 e. The molecule has 0 spiro atoms. The van der Waals surface area contributed by atoms with Crippen molar-refractivity contribution in [2.75, 3.05) is 31.4 Å². The van der Waals surface area contributed by atoms with Gasteiger partial charge in [-0.05, 0) is 30.2 Å². The second-order valence-corrected chi connectivity index (χ2v) is 8.95. The van der Waals surface area contributed by atoms with Crippen molar-refractivity contribution in [2.45, 2.75) is 23.8 Å². The first kappa shape index (κ1) is 22.7. The fourth-order valence-electron chi connectivity index (χ4n) is 3.90. The Balaban J connectivity index is 1.76. The molecule has 0 radical (unpaired) electrons. The zero-order valence-electron chi connectivity index (χ0n) is 19.0. The minimum absolute atomic E-state index is 0.279. The zero-order valence-corrected chi connectivity index (χ0v) is 19.8. The zero-order chi connectivity index (χ0) is 23.5. The molecular weight excluding hydrogens is 436 g/mol. The number of nitrogens with one attached hydrogen (secondary N) is 2. The predicted octanol–water partition coefficient (Wildman–Crippen LogP) is 4.13. The van der Waals surface area contributed by atoms with Crippen LogP contribution in [0, 0.1) is 0 Å². The van der Waals surface area contributed by atoms with E-state index in [0.717, 1.165) is 16.8 Å². The van der Waals surface area contributed by atoms with Crippen molar-refractivity contribution in [2.24, 2.45) is 0 Å². The second-order valence-electron chi connectivity index (χ2n) is 7.98. The Hall–Kier alpha value is -3.52. The molecule has 1 unspecified atom stereocenters. The minimum Gasteiger partial charge on any atom is -0.466 e. The third-order valence-corrected chi connectivity index (χ3v) is 6.53. The molecule has 33 heavy (non-hydrogen) atoms. The summed E-state index contributed by atoms with van der Waals surface area (Å²) in [5.74, 6) is 0.0741. The Labute approximate surface area is 196 Å². The number of anilines is 2. The van der Waals surface area contributed by atoms with E-state index in [1.807, 2.05) is 73.6 Å². The molecule has 170 valence electrons. The van der Waals surface area contributed by atoms with E-state index in [9.17, 15) is 9.59 Å². The van der Waals surface area contributed by atoms with Crippen molar-refractivity contribution in [3.8, 4) is 0 Å². The van der Waals surface area contributed by atoms with E-state index in [4.69, 9.17) is 4.74 Å². The van der Waals surface area contributed by atoms with Crippen molar-refractivity contribution >= 4 is 29.2 Å². The van der Waals surface area contributed by atoms with Crippen LogP contribution in [-0.4, -0.2) is 37.1 Å². The van der Waals surface area contributed by atoms with Crippen LogP contribution >= 0.6 is 11.8 Å². The van der Waals surface area contributed by atoms with E-state index in [0.29, 0.717) is 33.6 Å². The molecule has 1 aliphatic rings. The van der Waals surface area contributed by atoms with E-state index < -0.39 is 11.9 Å². The van der Waals surface area contributed by atoms with Gasteiger partial charge in [0.2, 0.25) is 0 Å². The summed E-state index contributed by atoms with van der Waals surface area (Å²) in [7, 11) is 5.26. The van der Waals surface area contributed by atoms with Crippen molar-refractivity contribution in [1.82, 2.24) is 9.97 Å². The average Bonchev–Trinajstić information content (AvgIpc) is 2.82. The lowest BCUT2D eigenvalue weighted by molar-refractivity contribution is -0.136. The van der Waals surface area contributed by atoms with Gasteiger partial charge < -0.3 is 19.9 Å². The minimum atomic E-state index is -0.589. The molecule has 0 fully saturated rings. The Bertz CT molecular complexity index is 1250. The first-order chi connectivity index (χ1) is 15.9. The fourth-order valence-corrected chi connectivity index (χ4v) is 4.72. The molecule has 1 aromatic heterocycles. The summed E-state index contributed by atoms with van der Waals surface area (Å²) in [6.45, 7) is 1.80. The van der Waals surface area contributed by atoms with Gasteiger partial charge in [-0.15, -0.1) is 0 Å². The number of esters is 1. The van der Waals surface area contributed by atoms with Gasteiger partial charge in [0.15, 0.2) is 5.16 Å². The van der Waals surface area contributed by atoms with Crippen LogP contribution in [-0.2, 0) is 15.3 Å². The maximum absolute atomic E-state index is 13.3. The number of carbonyl (C=O) groups is 1. The monoisotopic (exact) mass is 462 g/mol. The largest absolute Gasteiger partial charge is 0.466 e. The molecule has 0 saturated heterocycles. The first-order valence-electron chi connectivity index (χ1n) is 10.5. The Morgan fingerprint density at radius 3 is 2.45 bits per heavy atom. The van der Waals surface area contributed by atoms with Gasteiger partial charge in [-0.3, -0.25) is 4.79 Å². The van der Waals surface area contributed by atoms with Gasteiger partial charge in [-0.25, -0.2) is 9.78 Å². The van der Waals surface area contributed by atoms with Crippen LogP contribution in [0.3, 0.4) is 0 Å².